The lowest BCUT2D eigenvalue weighted by Crippen LogP contribution is -2.61. The predicted molar refractivity (Wildman–Crippen MR) is 327 cm³/mol. The molecule has 1 aliphatic rings. The summed E-state index contributed by atoms with van der Waals surface area (Å²) in [6.45, 7) is 8.60. The Bertz CT molecular complexity index is 3040. The Morgan fingerprint density at radius 3 is 1.78 bits per heavy atom. The molecule has 0 radical (unpaired) electrons. The summed E-state index contributed by atoms with van der Waals surface area (Å²) in [5.74, 6) is -7.63. The van der Waals surface area contributed by atoms with Crippen molar-refractivity contribution in [3.63, 3.8) is 0 Å². The number of aliphatic imine (C=N–C) groups is 1. The van der Waals surface area contributed by atoms with Crippen molar-refractivity contribution in [2.24, 2.45) is 34.0 Å². The van der Waals surface area contributed by atoms with Gasteiger partial charge in [0.05, 0.1) is 6.61 Å². The molecule has 3 aromatic carbocycles. The zero-order chi connectivity index (χ0) is 64.5. The molecule has 2 heterocycles. The van der Waals surface area contributed by atoms with Crippen molar-refractivity contribution in [3.05, 3.63) is 102 Å². The number of carbonyl (C=O) groups excluding carboxylic acids is 10. The van der Waals surface area contributed by atoms with Gasteiger partial charge in [0.15, 0.2) is 5.96 Å². The Morgan fingerprint density at radius 2 is 1.19 bits per heavy atom. The summed E-state index contributed by atoms with van der Waals surface area (Å²) in [7, 11) is 0. The third-order valence-corrected chi connectivity index (χ3v) is 14.5. The lowest BCUT2D eigenvalue weighted by molar-refractivity contribution is -0.142. The van der Waals surface area contributed by atoms with Crippen molar-refractivity contribution < 1.29 is 62.9 Å². The fourth-order valence-electron chi connectivity index (χ4n) is 10.1. The highest BCUT2D eigenvalue weighted by Crippen LogP contribution is 2.22. The number of para-hydroxylation sites is 1. The third kappa shape index (κ3) is 22.2. The summed E-state index contributed by atoms with van der Waals surface area (Å²) >= 11 is 0. The van der Waals surface area contributed by atoms with Crippen LogP contribution in [0, 0.1) is 11.8 Å². The van der Waals surface area contributed by atoms with Gasteiger partial charge in [-0.05, 0) is 98.6 Å². The summed E-state index contributed by atoms with van der Waals surface area (Å²) in [4.78, 5) is 147. The molecule has 4 aromatic rings. The maximum atomic E-state index is 14.7. The molecule has 1 fully saturated rings. The Balaban J connectivity index is 1.38. The minimum atomic E-state index is -1.78. The fraction of sp³-hybridized carbons (Fsp3) is 0.492. The number of rotatable bonds is 34. The number of benzene rings is 3. The summed E-state index contributed by atoms with van der Waals surface area (Å²) in [5.41, 5.74) is 18.8. The highest BCUT2D eigenvalue weighted by Gasteiger charge is 2.39. The molecule has 0 spiro atoms. The number of carbonyl (C=O) groups is 10. The number of nitrogens with one attached hydrogen (secondary N) is 9. The van der Waals surface area contributed by atoms with E-state index in [1.165, 1.54) is 29.2 Å². The number of aliphatic hydroxyl groups excluding tert-OH is 1. The van der Waals surface area contributed by atoms with Crippen LogP contribution in [0.4, 0.5) is 4.79 Å². The molecule has 27 nitrogen and oxygen atoms in total. The minimum Gasteiger partial charge on any atom is -0.508 e. The van der Waals surface area contributed by atoms with Gasteiger partial charge in [0.25, 0.3) is 0 Å². The number of nitrogens with zero attached hydrogens (tertiary/aromatic N) is 2. The molecule has 5 rings (SSSR count). The Morgan fingerprint density at radius 1 is 0.648 bits per heavy atom. The number of H-pyrrole nitrogens is 1. The van der Waals surface area contributed by atoms with E-state index in [9.17, 15) is 58.2 Å². The first kappa shape index (κ1) is 69.5. The number of hydrogen-bond donors (Lipinski definition) is 14. The Hall–Kier alpha value is -9.27. The number of phenolic OH excluding ortho intramolecular Hbond substituents is 1. The average Bonchev–Trinajstić information content (AvgIpc) is 2.21. The van der Waals surface area contributed by atoms with Crippen molar-refractivity contribution in [2.75, 3.05) is 26.2 Å². The number of amides is 10. The van der Waals surface area contributed by atoms with Gasteiger partial charge in [-0.1, -0.05) is 88.4 Å². The minimum absolute atomic E-state index is 0.0299. The van der Waals surface area contributed by atoms with Crippen LogP contribution in [0.25, 0.3) is 10.9 Å². The van der Waals surface area contributed by atoms with Crippen molar-refractivity contribution in [2.45, 2.75) is 154 Å². The number of likely N-dealkylation sites (N-methyl/N-ethyl adjacent to an activating group) is 1. The fourth-order valence-corrected chi connectivity index (χ4v) is 10.1. The Labute approximate surface area is 511 Å². The maximum absolute atomic E-state index is 14.7. The predicted octanol–water partition coefficient (Wildman–Crippen LogP) is 0.393. The van der Waals surface area contributed by atoms with Crippen LogP contribution < -0.4 is 59.7 Å². The van der Waals surface area contributed by atoms with Crippen LogP contribution in [-0.4, -0.2) is 160 Å². The largest absolute Gasteiger partial charge is 0.508 e. The molecule has 27 heteroatoms. The highest BCUT2D eigenvalue weighted by atomic mass is 16.5. The van der Waals surface area contributed by atoms with Crippen LogP contribution in [0.5, 0.6) is 5.75 Å². The van der Waals surface area contributed by atoms with Crippen molar-refractivity contribution >= 4 is 76.1 Å². The van der Waals surface area contributed by atoms with Gasteiger partial charge < -0.3 is 84.6 Å². The van der Waals surface area contributed by atoms with Gasteiger partial charge in [0, 0.05) is 56.0 Å². The van der Waals surface area contributed by atoms with Gasteiger partial charge in [-0.3, -0.25) is 48.1 Å². The molecule has 8 atom stereocenters. The molecule has 1 aromatic heterocycles. The van der Waals surface area contributed by atoms with Gasteiger partial charge in [0.2, 0.25) is 53.2 Å². The smallest absolute Gasteiger partial charge is 0.408 e. The second-order valence-corrected chi connectivity index (χ2v) is 22.5. The topological polar surface area (TPSA) is 426 Å². The molecule has 478 valence electrons. The number of hydrogen-bond acceptors (Lipinski definition) is 14. The van der Waals surface area contributed by atoms with Crippen molar-refractivity contribution in [1.29, 1.82) is 0 Å². The number of alkyl carbamates (subject to hydrolysis) is 1. The molecule has 1 saturated heterocycles. The van der Waals surface area contributed by atoms with Gasteiger partial charge in [-0.15, -0.1) is 0 Å². The number of guanidine groups is 1. The van der Waals surface area contributed by atoms with Crippen LogP contribution >= 0.6 is 0 Å². The van der Waals surface area contributed by atoms with Gasteiger partial charge >= 0.3 is 6.09 Å². The number of fused-ring (bicyclic) bond motifs is 1. The standard InChI is InChI=1S/C61H86N14O13/c1-6-65-58(85)50-19-13-27-75(50)59(86)44(18-12-26-66-60(63)64)68-53(80)45(28-35(2)3)69-54(81)46(29-36(4)5)70-55(82)47(30-37-20-22-40(77)23-21-37)71-57(84)49(33-76)73-56(83)48(31-39-32-67-42-17-11-10-16-41(39)42)72-52(79)43(24-25-51(62)78)74-61(87)88-34-38-14-8-7-9-15-38/h7-11,14-17,20-23,32,35-36,43-50,67,76-77H,6,12-13,18-19,24-31,33-34H2,1-5H3,(H2,62,78)(H,65,85)(H,68,80)(H,69,81)(H,70,82)(H,71,84)(H,72,79)(H,73,83)(H,74,87)(H4,63,64,66)/t43-,44-,45-,46+,47-,48-,49-,50-/m0/s1. The first-order valence-corrected chi connectivity index (χ1v) is 29.6. The first-order chi connectivity index (χ1) is 42.0. The van der Waals surface area contributed by atoms with E-state index in [4.69, 9.17) is 21.9 Å². The molecular formula is C61H86N14O13. The number of aromatic nitrogens is 1. The number of likely N-dealkylation sites (tertiary alicyclic amines) is 1. The van der Waals surface area contributed by atoms with Crippen LogP contribution in [0.15, 0.2) is 90.1 Å². The van der Waals surface area contributed by atoms with E-state index in [0.717, 1.165) is 0 Å². The number of ether oxygens (including phenoxy) is 1. The van der Waals surface area contributed by atoms with E-state index in [2.05, 4.69) is 52.5 Å². The van der Waals surface area contributed by atoms with E-state index >= 15 is 0 Å². The highest BCUT2D eigenvalue weighted by molar-refractivity contribution is 5.99. The normalized spacial score (nSPS) is 15.3. The van der Waals surface area contributed by atoms with E-state index in [-0.39, 0.29) is 101 Å². The number of aliphatic hydroxyl groups is 1. The van der Waals surface area contributed by atoms with Crippen LogP contribution in [0.1, 0.15) is 103 Å². The summed E-state index contributed by atoms with van der Waals surface area (Å²) in [5, 5.41) is 42.8. The van der Waals surface area contributed by atoms with E-state index in [1.807, 2.05) is 13.8 Å². The summed E-state index contributed by atoms with van der Waals surface area (Å²) < 4.78 is 5.33. The zero-order valence-electron chi connectivity index (χ0n) is 50.5. The molecule has 0 bridgehead atoms. The van der Waals surface area contributed by atoms with E-state index in [1.54, 1.807) is 81.6 Å². The third-order valence-electron chi connectivity index (χ3n) is 14.5. The molecule has 17 N–H and O–H groups in total. The van der Waals surface area contributed by atoms with Crippen LogP contribution in [0.2, 0.25) is 0 Å². The van der Waals surface area contributed by atoms with Crippen LogP contribution in [0.3, 0.4) is 0 Å². The molecule has 0 aliphatic carbocycles. The van der Waals surface area contributed by atoms with Crippen LogP contribution in [-0.2, 0) is 67.3 Å². The summed E-state index contributed by atoms with van der Waals surface area (Å²) in [6, 6.07) is 10.8. The van der Waals surface area contributed by atoms with Crippen molar-refractivity contribution in [3.8, 4) is 5.75 Å². The second kappa shape index (κ2) is 34.8. The molecule has 88 heavy (non-hydrogen) atoms. The number of aromatic hydroxyl groups is 1. The van der Waals surface area contributed by atoms with E-state index in [0.29, 0.717) is 47.0 Å². The summed E-state index contributed by atoms with van der Waals surface area (Å²) in [6.07, 6.45) is 0.975. The lowest BCUT2D eigenvalue weighted by Gasteiger charge is -2.31. The molecular weight excluding hydrogens is 1140 g/mol. The second-order valence-electron chi connectivity index (χ2n) is 22.5. The molecule has 0 unspecified atom stereocenters. The number of nitrogens with two attached hydrogens (primary N) is 3. The zero-order valence-corrected chi connectivity index (χ0v) is 50.5. The first-order valence-electron chi connectivity index (χ1n) is 29.6. The lowest BCUT2D eigenvalue weighted by atomic mass is 9.98. The number of aromatic amines is 1. The molecule has 0 saturated carbocycles. The SMILES string of the molecule is CCNC(=O)[C@@H]1CCCN1C(=O)[C@H](CCCN=C(N)N)NC(=O)[C@H](CC(C)C)NC(=O)[C@@H](CC(C)C)NC(=O)[C@H](Cc1ccc(O)cc1)NC(=O)[C@H](CO)NC(=O)[C@H](Cc1c[nH]c2ccccc12)NC(=O)[C@H](CCC(N)=O)NC(=O)OCc1ccccc1. The van der Waals surface area contributed by atoms with Gasteiger partial charge in [0.1, 0.15) is 60.7 Å². The Kier molecular flexibility index (Phi) is 27.5. The quantitative estimate of drug-likeness (QED) is 0.0171. The monoisotopic (exact) mass is 1220 g/mol. The molecule has 1 aliphatic heterocycles. The van der Waals surface area contributed by atoms with E-state index < -0.39 is 108 Å². The van der Waals surface area contributed by atoms with Gasteiger partial charge in [-0.2, -0.15) is 0 Å². The average molecular weight is 1220 g/mol. The van der Waals surface area contributed by atoms with Crippen molar-refractivity contribution in [1.82, 2.24) is 52.4 Å². The molecule has 10 amide bonds. The number of primary amides is 1. The number of phenols is 1. The maximum Gasteiger partial charge on any atom is 0.408 e. The van der Waals surface area contributed by atoms with Gasteiger partial charge in [-0.25, -0.2) is 4.79 Å².